The van der Waals surface area contributed by atoms with Crippen molar-refractivity contribution in [2.75, 3.05) is 0 Å². The molecule has 118 valence electrons. The monoisotopic (exact) mass is 314 g/mol. The molecule has 4 heterocycles. The molecule has 0 unspecified atom stereocenters. The van der Waals surface area contributed by atoms with Crippen molar-refractivity contribution in [3.63, 3.8) is 0 Å². The smallest absolute Gasteiger partial charge is 0.198 e. The Kier molecular flexibility index (Phi) is 2.90. The van der Waals surface area contributed by atoms with Crippen LogP contribution in [0.25, 0.3) is 22.5 Å². The fraction of sp³-hybridized carbons (Fsp3) is 0.273. The van der Waals surface area contributed by atoms with Gasteiger partial charge in [-0.05, 0) is 29.7 Å². The zero-order valence-electron chi connectivity index (χ0n) is 14.3. The van der Waals surface area contributed by atoms with Crippen LogP contribution in [0.2, 0.25) is 0 Å². The highest BCUT2D eigenvalue weighted by molar-refractivity contribution is 5.84. The van der Waals surface area contributed by atoms with Crippen LogP contribution < -0.4 is 9.13 Å². The normalized spacial score (nSPS) is 14.4. The summed E-state index contributed by atoms with van der Waals surface area (Å²) in [6.07, 6.45) is 4.46. The largest absolute Gasteiger partial charge is 0.214 e. The summed E-state index contributed by atoms with van der Waals surface area (Å²) in [5.74, 6) is 0. The van der Waals surface area contributed by atoms with Crippen LogP contribution in [0.3, 0.4) is 0 Å². The standard InChI is InChI=1S/C22H22N2/c1-15-13-16(2)24-12-9-18-7-6-17-8-11-23-10-4-3-5-19(23)21(17)22(18)20(24)14-15/h3-7,10,13-14H,8-9,11-12H2,1-2H3/q+2. The number of hydrogen-bond donors (Lipinski definition) is 0. The van der Waals surface area contributed by atoms with E-state index in [1.165, 1.54) is 44.9 Å². The highest BCUT2D eigenvalue weighted by Gasteiger charge is 2.33. The number of aryl methyl sites for hydroxylation is 5. The molecule has 2 aliphatic heterocycles. The molecule has 2 nitrogen and oxygen atoms in total. The lowest BCUT2D eigenvalue weighted by molar-refractivity contribution is -0.694. The molecule has 0 amide bonds. The highest BCUT2D eigenvalue weighted by Crippen LogP contribution is 2.39. The van der Waals surface area contributed by atoms with Crippen LogP contribution in [0.5, 0.6) is 0 Å². The molecule has 0 spiro atoms. The number of rotatable bonds is 0. The molecule has 0 bridgehead atoms. The topological polar surface area (TPSA) is 7.76 Å². The summed E-state index contributed by atoms with van der Waals surface area (Å²) in [7, 11) is 0. The van der Waals surface area contributed by atoms with Gasteiger partial charge in [0.25, 0.3) is 0 Å². The minimum Gasteiger partial charge on any atom is -0.198 e. The van der Waals surface area contributed by atoms with Gasteiger partial charge in [-0.15, -0.1) is 0 Å². The van der Waals surface area contributed by atoms with E-state index >= 15 is 0 Å². The summed E-state index contributed by atoms with van der Waals surface area (Å²) < 4.78 is 4.90. The molecule has 3 aromatic rings. The molecule has 0 atom stereocenters. The second kappa shape index (κ2) is 5.01. The van der Waals surface area contributed by atoms with Gasteiger partial charge in [-0.1, -0.05) is 12.1 Å². The summed E-state index contributed by atoms with van der Waals surface area (Å²) in [6, 6.07) is 16.0. The molecule has 1 aromatic carbocycles. The van der Waals surface area contributed by atoms with E-state index in [2.05, 4.69) is 71.6 Å². The first kappa shape index (κ1) is 13.9. The average Bonchev–Trinajstić information content (AvgIpc) is 2.60. The van der Waals surface area contributed by atoms with E-state index < -0.39 is 0 Å². The van der Waals surface area contributed by atoms with Crippen LogP contribution in [-0.4, -0.2) is 0 Å². The fourth-order valence-electron chi connectivity index (χ4n) is 4.50. The van der Waals surface area contributed by atoms with E-state index in [1.54, 1.807) is 0 Å². The summed E-state index contributed by atoms with van der Waals surface area (Å²) in [6.45, 7) is 6.61. The second-order valence-electron chi connectivity index (χ2n) is 7.12. The lowest BCUT2D eigenvalue weighted by Gasteiger charge is -2.23. The van der Waals surface area contributed by atoms with Gasteiger partial charge in [-0.3, -0.25) is 0 Å². The molecule has 5 rings (SSSR count). The maximum atomic E-state index is 2.50. The summed E-state index contributed by atoms with van der Waals surface area (Å²) in [5.41, 5.74) is 11.4. The van der Waals surface area contributed by atoms with Gasteiger partial charge in [0, 0.05) is 44.0 Å². The Morgan fingerprint density at radius 3 is 2.38 bits per heavy atom. The van der Waals surface area contributed by atoms with Crippen LogP contribution in [0.15, 0.2) is 48.7 Å². The lowest BCUT2D eigenvalue weighted by Crippen LogP contribution is -2.44. The molecule has 2 aromatic heterocycles. The van der Waals surface area contributed by atoms with E-state index in [1.807, 2.05) is 0 Å². The second-order valence-corrected chi connectivity index (χ2v) is 7.12. The molecule has 0 fully saturated rings. The number of fused-ring (bicyclic) bond motifs is 7. The van der Waals surface area contributed by atoms with E-state index in [0.29, 0.717) is 0 Å². The molecule has 0 saturated heterocycles. The Morgan fingerprint density at radius 2 is 1.54 bits per heavy atom. The van der Waals surface area contributed by atoms with Gasteiger partial charge in [0.1, 0.15) is 0 Å². The Bertz CT molecular complexity index is 986. The average molecular weight is 314 g/mol. The van der Waals surface area contributed by atoms with Gasteiger partial charge < -0.3 is 0 Å². The minimum absolute atomic E-state index is 1.08. The van der Waals surface area contributed by atoms with Crippen LogP contribution in [0, 0.1) is 13.8 Å². The first-order chi connectivity index (χ1) is 11.7. The maximum Gasteiger partial charge on any atom is 0.214 e. The molecule has 0 saturated carbocycles. The predicted octanol–water partition coefficient (Wildman–Crippen LogP) is 3.32. The van der Waals surface area contributed by atoms with Crippen molar-refractivity contribution >= 4 is 0 Å². The Balaban J connectivity index is 1.89. The van der Waals surface area contributed by atoms with Crippen LogP contribution in [0.4, 0.5) is 0 Å². The Morgan fingerprint density at radius 1 is 0.792 bits per heavy atom. The number of pyridine rings is 2. The Hall–Kier alpha value is -2.48. The first-order valence-electron chi connectivity index (χ1n) is 8.87. The van der Waals surface area contributed by atoms with Gasteiger partial charge in [0.05, 0.1) is 11.1 Å². The van der Waals surface area contributed by atoms with E-state index in [9.17, 15) is 0 Å². The van der Waals surface area contributed by atoms with Crippen LogP contribution in [0.1, 0.15) is 22.4 Å². The number of benzene rings is 1. The van der Waals surface area contributed by atoms with E-state index in [0.717, 1.165) is 25.9 Å². The third kappa shape index (κ3) is 1.89. The first-order valence-corrected chi connectivity index (χ1v) is 8.87. The maximum absolute atomic E-state index is 2.50. The zero-order valence-corrected chi connectivity index (χ0v) is 14.3. The molecular weight excluding hydrogens is 292 g/mol. The quantitative estimate of drug-likeness (QED) is 0.562. The number of hydrogen-bond acceptors (Lipinski definition) is 0. The lowest BCUT2D eigenvalue weighted by atomic mass is 9.85. The van der Waals surface area contributed by atoms with Gasteiger partial charge in [0.15, 0.2) is 25.0 Å². The van der Waals surface area contributed by atoms with E-state index in [-0.39, 0.29) is 0 Å². The van der Waals surface area contributed by atoms with Gasteiger partial charge >= 0.3 is 0 Å². The fourth-order valence-corrected chi connectivity index (χ4v) is 4.50. The van der Waals surface area contributed by atoms with Crippen molar-refractivity contribution in [1.29, 1.82) is 0 Å². The minimum atomic E-state index is 1.08. The zero-order chi connectivity index (χ0) is 16.3. The third-order valence-corrected chi connectivity index (χ3v) is 5.58. The highest BCUT2D eigenvalue weighted by atomic mass is 15.0. The van der Waals surface area contributed by atoms with Gasteiger partial charge in [-0.2, -0.15) is 9.13 Å². The van der Waals surface area contributed by atoms with Crippen molar-refractivity contribution in [3.05, 3.63) is 71.0 Å². The van der Waals surface area contributed by atoms with Crippen molar-refractivity contribution in [1.82, 2.24) is 0 Å². The van der Waals surface area contributed by atoms with Crippen LogP contribution in [-0.2, 0) is 25.9 Å². The van der Waals surface area contributed by atoms with Crippen molar-refractivity contribution in [2.24, 2.45) is 0 Å². The van der Waals surface area contributed by atoms with Crippen molar-refractivity contribution < 1.29 is 9.13 Å². The summed E-state index contributed by atoms with van der Waals surface area (Å²) in [4.78, 5) is 0. The van der Waals surface area contributed by atoms with E-state index in [4.69, 9.17) is 0 Å². The van der Waals surface area contributed by atoms with Gasteiger partial charge in [0.2, 0.25) is 11.4 Å². The molecule has 24 heavy (non-hydrogen) atoms. The van der Waals surface area contributed by atoms with Crippen LogP contribution >= 0.6 is 0 Å². The molecular formula is C22H22N2+2. The molecule has 0 N–H and O–H groups in total. The third-order valence-electron chi connectivity index (χ3n) is 5.58. The molecule has 0 aliphatic carbocycles. The van der Waals surface area contributed by atoms with Crippen molar-refractivity contribution in [2.45, 2.75) is 39.8 Å². The molecule has 0 radical (unpaired) electrons. The summed E-state index contributed by atoms with van der Waals surface area (Å²) >= 11 is 0. The number of aromatic nitrogens is 2. The Labute approximate surface area is 143 Å². The SMILES string of the molecule is Cc1cc(C)[n+]2c(c1)-c1c(ccc3c1-c1cccc[n+]1CC3)CC2. The van der Waals surface area contributed by atoms with Gasteiger partial charge in [-0.25, -0.2) is 0 Å². The summed E-state index contributed by atoms with van der Waals surface area (Å²) in [5, 5.41) is 0. The molecule has 2 aliphatic rings. The predicted molar refractivity (Wildman–Crippen MR) is 94.6 cm³/mol. The molecule has 2 heteroatoms. The number of nitrogens with zero attached hydrogens (tertiary/aromatic N) is 2. The van der Waals surface area contributed by atoms with Crippen molar-refractivity contribution in [3.8, 4) is 22.5 Å².